The number of rotatable bonds is 4. The number of aromatic nitrogens is 2. The minimum Gasteiger partial charge on any atom is -0.463 e. The van der Waals surface area contributed by atoms with Crippen molar-refractivity contribution in [3.8, 4) is 0 Å². The summed E-state index contributed by atoms with van der Waals surface area (Å²) in [7, 11) is 0. The van der Waals surface area contributed by atoms with Gasteiger partial charge in [-0.05, 0) is 40.5 Å². The van der Waals surface area contributed by atoms with Crippen LogP contribution in [-0.4, -0.2) is 28.1 Å². The van der Waals surface area contributed by atoms with Gasteiger partial charge in [-0.25, -0.2) is 4.79 Å². The molecule has 25 heavy (non-hydrogen) atoms. The number of ether oxygens (including phenoxy) is 1. The summed E-state index contributed by atoms with van der Waals surface area (Å²) in [5, 5.41) is 7.81. The van der Waals surface area contributed by atoms with E-state index in [2.05, 4.69) is 10.4 Å². The maximum absolute atomic E-state index is 12.7. The van der Waals surface area contributed by atoms with Gasteiger partial charge in [0.15, 0.2) is 5.78 Å². The van der Waals surface area contributed by atoms with Gasteiger partial charge < -0.3 is 10.1 Å². The van der Waals surface area contributed by atoms with Crippen LogP contribution in [0.5, 0.6) is 0 Å². The molecule has 0 unspecified atom stereocenters. The number of Topliss-reactive ketones (excluding diaryl/α,β-unsaturated/α-hetero) is 1. The van der Waals surface area contributed by atoms with Crippen LogP contribution in [0.4, 0.5) is 0 Å². The monoisotopic (exact) mass is 343 g/mol. The highest BCUT2D eigenvalue weighted by Gasteiger charge is 2.40. The molecule has 1 atom stereocenters. The molecule has 0 aromatic carbocycles. The topological polar surface area (TPSA) is 73.2 Å². The lowest BCUT2D eigenvalue weighted by atomic mass is 9.75. The smallest absolute Gasteiger partial charge is 0.336 e. The number of esters is 1. The number of carbonyl (C=O) groups is 2. The molecule has 6 heteroatoms. The van der Waals surface area contributed by atoms with Gasteiger partial charge in [0.1, 0.15) is 0 Å². The van der Waals surface area contributed by atoms with Gasteiger partial charge in [0.05, 0.1) is 23.8 Å². The van der Waals surface area contributed by atoms with Gasteiger partial charge >= 0.3 is 5.97 Å². The Morgan fingerprint density at radius 2 is 2.12 bits per heavy atom. The van der Waals surface area contributed by atoms with Crippen LogP contribution in [0.1, 0.15) is 57.2 Å². The van der Waals surface area contributed by atoms with E-state index < -0.39 is 5.92 Å². The molecule has 0 saturated carbocycles. The van der Waals surface area contributed by atoms with Crippen molar-refractivity contribution < 1.29 is 14.3 Å². The number of allylic oxidation sites excluding steroid dienone is 3. The average molecular weight is 343 g/mol. The van der Waals surface area contributed by atoms with Crippen LogP contribution >= 0.6 is 0 Å². The summed E-state index contributed by atoms with van der Waals surface area (Å²) in [5.74, 6) is -0.661. The SMILES string of the molecule is CCOC(=O)C1=C(C)NC2=C(C(=O)CCC2)[C@H]1c1cn(CC)nc1C. The first-order valence-electron chi connectivity index (χ1n) is 8.93. The normalized spacial score (nSPS) is 20.5. The number of ketones is 1. The predicted octanol–water partition coefficient (Wildman–Crippen LogP) is 2.74. The van der Waals surface area contributed by atoms with Crippen molar-refractivity contribution in [1.29, 1.82) is 0 Å². The van der Waals surface area contributed by atoms with Crippen LogP contribution in [0.25, 0.3) is 0 Å². The number of aryl methyl sites for hydroxylation is 2. The Kier molecular flexibility index (Phi) is 4.79. The Balaban J connectivity index is 2.18. The van der Waals surface area contributed by atoms with E-state index in [1.54, 1.807) is 6.92 Å². The van der Waals surface area contributed by atoms with Gasteiger partial charge in [-0.1, -0.05) is 0 Å². The third-order valence-electron chi connectivity index (χ3n) is 4.89. The third-order valence-corrected chi connectivity index (χ3v) is 4.89. The van der Waals surface area contributed by atoms with Crippen molar-refractivity contribution >= 4 is 11.8 Å². The van der Waals surface area contributed by atoms with Crippen LogP contribution in [0, 0.1) is 6.92 Å². The summed E-state index contributed by atoms with van der Waals surface area (Å²) < 4.78 is 7.14. The van der Waals surface area contributed by atoms with Crippen molar-refractivity contribution in [3.63, 3.8) is 0 Å². The number of dihydropyridines is 1. The van der Waals surface area contributed by atoms with Gasteiger partial charge in [0.25, 0.3) is 0 Å². The van der Waals surface area contributed by atoms with Crippen molar-refractivity contribution in [2.75, 3.05) is 6.61 Å². The molecule has 0 saturated heterocycles. The summed E-state index contributed by atoms with van der Waals surface area (Å²) in [6.07, 6.45) is 4.13. The largest absolute Gasteiger partial charge is 0.463 e. The van der Waals surface area contributed by atoms with Crippen molar-refractivity contribution in [1.82, 2.24) is 15.1 Å². The first-order valence-corrected chi connectivity index (χ1v) is 8.93. The highest BCUT2D eigenvalue weighted by molar-refractivity contribution is 6.03. The molecule has 1 aromatic heterocycles. The second-order valence-electron chi connectivity index (χ2n) is 6.51. The van der Waals surface area contributed by atoms with Crippen molar-refractivity contribution in [2.45, 2.75) is 59.4 Å². The fourth-order valence-corrected chi connectivity index (χ4v) is 3.75. The van der Waals surface area contributed by atoms with E-state index in [1.165, 1.54) is 0 Å². The zero-order valence-electron chi connectivity index (χ0n) is 15.3. The molecule has 2 aliphatic rings. The Labute approximate surface area is 147 Å². The number of carbonyl (C=O) groups excluding carboxylic acids is 2. The van der Waals surface area contributed by atoms with Gasteiger partial charge in [-0.3, -0.25) is 9.48 Å². The lowest BCUT2D eigenvalue weighted by Gasteiger charge is -2.33. The molecule has 1 aromatic rings. The molecule has 1 aliphatic carbocycles. The van der Waals surface area contributed by atoms with Crippen LogP contribution in [0.15, 0.2) is 28.7 Å². The molecule has 0 fully saturated rings. The standard InChI is InChI=1S/C19H25N3O3/c1-5-22-10-13(11(3)21-22)17-16(19(24)25-6-2)12(4)20-14-8-7-9-15(23)18(14)17/h10,17,20H,5-9H2,1-4H3/t17-/m0/s1. The lowest BCUT2D eigenvalue weighted by Crippen LogP contribution is -2.34. The number of hydrogen-bond donors (Lipinski definition) is 1. The molecule has 6 nitrogen and oxygen atoms in total. The zero-order chi connectivity index (χ0) is 18.1. The quantitative estimate of drug-likeness (QED) is 0.851. The maximum Gasteiger partial charge on any atom is 0.336 e. The molecule has 134 valence electrons. The van der Waals surface area contributed by atoms with Crippen LogP contribution in [0.2, 0.25) is 0 Å². The fraction of sp³-hybridized carbons (Fsp3) is 0.526. The second kappa shape index (κ2) is 6.86. The van der Waals surface area contributed by atoms with Crippen LogP contribution in [0.3, 0.4) is 0 Å². The summed E-state index contributed by atoms with van der Waals surface area (Å²) in [4.78, 5) is 25.4. The molecular formula is C19H25N3O3. The number of nitrogens with zero attached hydrogens (tertiary/aromatic N) is 2. The van der Waals surface area contributed by atoms with E-state index in [0.717, 1.165) is 42.0 Å². The second-order valence-corrected chi connectivity index (χ2v) is 6.51. The summed E-state index contributed by atoms with van der Waals surface area (Å²) in [5.41, 5.74) is 4.69. The van der Waals surface area contributed by atoms with Gasteiger partial charge in [-0.2, -0.15) is 5.10 Å². The van der Waals surface area contributed by atoms with E-state index in [1.807, 2.05) is 31.6 Å². The Bertz CT molecular complexity index is 786. The third kappa shape index (κ3) is 3.01. The molecular weight excluding hydrogens is 318 g/mol. The van der Waals surface area contributed by atoms with Gasteiger partial charge in [0.2, 0.25) is 0 Å². The Morgan fingerprint density at radius 3 is 2.76 bits per heavy atom. The van der Waals surface area contributed by atoms with Crippen molar-refractivity contribution in [2.24, 2.45) is 0 Å². The summed E-state index contributed by atoms with van der Waals surface area (Å²) in [6, 6.07) is 0. The first-order chi connectivity index (χ1) is 12.0. The predicted molar refractivity (Wildman–Crippen MR) is 93.7 cm³/mol. The molecule has 0 spiro atoms. The number of nitrogens with one attached hydrogen (secondary N) is 1. The minimum atomic E-state index is -0.400. The van der Waals surface area contributed by atoms with Gasteiger partial charge in [-0.15, -0.1) is 0 Å². The molecule has 3 rings (SSSR count). The van der Waals surface area contributed by atoms with E-state index in [0.29, 0.717) is 24.2 Å². The van der Waals surface area contributed by atoms with Crippen LogP contribution < -0.4 is 5.32 Å². The molecule has 0 radical (unpaired) electrons. The van der Waals surface area contributed by atoms with Crippen molar-refractivity contribution in [3.05, 3.63) is 40.0 Å². The van der Waals surface area contributed by atoms with E-state index in [-0.39, 0.29) is 11.8 Å². The Hall–Kier alpha value is -2.37. The Morgan fingerprint density at radius 1 is 1.36 bits per heavy atom. The lowest BCUT2D eigenvalue weighted by molar-refractivity contribution is -0.138. The highest BCUT2D eigenvalue weighted by atomic mass is 16.5. The first kappa shape index (κ1) is 17.5. The average Bonchev–Trinajstić information content (AvgIpc) is 2.94. The fourth-order valence-electron chi connectivity index (χ4n) is 3.75. The molecule has 0 bridgehead atoms. The minimum absolute atomic E-state index is 0.108. The molecule has 0 amide bonds. The van der Waals surface area contributed by atoms with E-state index >= 15 is 0 Å². The van der Waals surface area contributed by atoms with Crippen LogP contribution in [-0.2, 0) is 20.9 Å². The number of hydrogen-bond acceptors (Lipinski definition) is 5. The summed E-state index contributed by atoms with van der Waals surface area (Å²) in [6.45, 7) is 8.65. The van der Waals surface area contributed by atoms with E-state index in [9.17, 15) is 9.59 Å². The summed E-state index contributed by atoms with van der Waals surface area (Å²) >= 11 is 0. The molecule has 1 aliphatic heterocycles. The van der Waals surface area contributed by atoms with Gasteiger partial charge in [0, 0.05) is 41.7 Å². The molecule has 2 heterocycles. The van der Waals surface area contributed by atoms with E-state index in [4.69, 9.17) is 4.74 Å². The highest BCUT2D eigenvalue weighted by Crippen LogP contribution is 2.43. The molecule has 1 N–H and O–H groups in total. The zero-order valence-corrected chi connectivity index (χ0v) is 15.3. The maximum atomic E-state index is 12.7.